The van der Waals surface area contributed by atoms with Gasteiger partial charge >= 0.3 is 0 Å². The van der Waals surface area contributed by atoms with E-state index >= 15 is 0 Å². The summed E-state index contributed by atoms with van der Waals surface area (Å²) >= 11 is 0. The fraction of sp³-hybridized carbons (Fsp3) is 0.304. The number of hydrogen-bond acceptors (Lipinski definition) is 5. The molecule has 1 saturated heterocycles. The smallest absolute Gasteiger partial charge is 0.295 e. The second-order valence-corrected chi connectivity index (χ2v) is 7.43. The van der Waals surface area contributed by atoms with Gasteiger partial charge in [-0.05, 0) is 50.8 Å². The van der Waals surface area contributed by atoms with Gasteiger partial charge in [0.15, 0.2) is 0 Å². The number of benzene rings is 2. The molecule has 1 N–H and O–H groups in total. The Morgan fingerprint density at radius 3 is 2.24 bits per heavy atom. The van der Waals surface area contributed by atoms with Crippen LogP contribution >= 0.6 is 0 Å². The zero-order chi connectivity index (χ0) is 21.1. The third kappa shape index (κ3) is 4.17. The molecule has 0 unspecified atom stereocenters. The van der Waals surface area contributed by atoms with E-state index < -0.39 is 17.7 Å². The topological polar surface area (TPSA) is 70.1 Å². The minimum Gasteiger partial charge on any atom is -0.507 e. The number of likely N-dealkylation sites (tertiary alicyclic amines) is 1. The van der Waals surface area contributed by atoms with E-state index in [9.17, 15) is 14.7 Å². The molecule has 0 aromatic heterocycles. The van der Waals surface area contributed by atoms with Crippen LogP contribution in [-0.4, -0.2) is 60.9 Å². The highest BCUT2D eigenvalue weighted by atomic mass is 16.5. The number of ether oxygens (including phenoxy) is 1. The highest BCUT2D eigenvalue weighted by molar-refractivity contribution is 6.46. The quantitative estimate of drug-likeness (QED) is 0.463. The summed E-state index contributed by atoms with van der Waals surface area (Å²) in [5.41, 5.74) is 2.45. The van der Waals surface area contributed by atoms with Crippen molar-refractivity contribution in [1.82, 2.24) is 9.80 Å². The first-order chi connectivity index (χ1) is 13.8. The molecular formula is C23H26N2O4. The minimum absolute atomic E-state index is 0.114. The van der Waals surface area contributed by atoms with E-state index in [0.717, 1.165) is 11.1 Å². The number of aliphatic hydroxyl groups excluding tert-OH is 1. The number of methoxy groups -OCH3 is 1. The molecule has 0 aliphatic carbocycles. The summed E-state index contributed by atoms with van der Waals surface area (Å²) in [6, 6.07) is 13.8. The molecule has 2 aromatic carbocycles. The highest BCUT2D eigenvalue weighted by Gasteiger charge is 2.45. The third-order valence-electron chi connectivity index (χ3n) is 5.08. The molecule has 3 rings (SSSR count). The van der Waals surface area contributed by atoms with Gasteiger partial charge in [-0.2, -0.15) is 0 Å². The van der Waals surface area contributed by atoms with Gasteiger partial charge in [-0.1, -0.05) is 29.8 Å². The Labute approximate surface area is 171 Å². The van der Waals surface area contributed by atoms with E-state index in [1.807, 2.05) is 50.2 Å². The fourth-order valence-corrected chi connectivity index (χ4v) is 3.42. The zero-order valence-electron chi connectivity index (χ0n) is 17.2. The van der Waals surface area contributed by atoms with Gasteiger partial charge < -0.3 is 19.6 Å². The molecule has 2 aromatic rings. The molecule has 6 heteroatoms. The Morgan fingerprint density at radius 1 is 1.07 bits per heavy atom. The van der Waals surface area contributed by atoms with Crippen molar-refractivity contribution < 1.29 is 19.4 Å². The van der Waals surface area contributed by atoms with Crippen molar-refractivity contribution in [2.75, 3.05) is 34.3 Å². The maximum atomic E-state index is 12.9. The molecule has 152 valence electrons. The van der Waals surface area contributed by atoms with Gasteiger partial charge in [-0.3, -0.25) is 9.59 Å². The average Bonchev–Trinajstić information content (AvgIpc) is 2.97. The fourth-order valence-electron chi connectivity index (χ4n) is 3.42. The standard InChI is InChI=1S/C23H26N2O4/c1-15-5-7-16(8-6-15)20-19(21(26)17-9-11-18(29-4)12-10-17)22(27)23(28)25(20)14-13-24(2)3/h5-12,20,26H,13-14H2,1-4H3/b21-19+/t20-/m1/s1. The van der Waals surface area contributed by atoms with Crippen LogP contribution in [0.5, 0.6) is 5.75 Å². The SMILES string of the molecule is COc1ccc(/C(O)=C2\C(=O)C(=O)N(CCN(C)C)[C@@H]2c2ccc(C)cc2)cc1. The lowest BCUT2D eigenvalue weighted by Crippen LogP contribution is -2.35. The first-order valence-electron chi connectivity index (χ1n) is 9.47. The Hall–Kier alpha value is -3.12. The van der Waals surface area contributed by atoms with Crippen LogP contribution in [0.1, 0.15) is 22.7 Å². The number of nitrogens with zero attached hydrogens (tertiary/aromatic N) is 2. The number of hydrogen-bond donors (Lipinski definition) is 1. The van der Waals surface area contributed by atoms with Crippen LogP contribution in [0.2, 0.25) is 0 Å². The normalized spacial score (nSPS) is 18.5. The van der Waals surface area contributed by atoms with Crippen LogP contribution in [0.15, 0.2) is 54.1 Å². The number of carbonyl (C=O) groups excluding carboxylic acids is 2. The van der Waals surface area contributed by atoms with Crippen molar-refractivity contribution in [1.29, 1.82) is 0 Å². The molecule has 0 bridgehead atoms. The van der Waals surface area contributed by atoms with Crippen LogP contribution in [0, 0.1) is 6.92 Å². The second kappa shape index (κ2) is 8.49. The monoisotopic (exact) mass is 394 g/mol. The molecule has 1 heterocycles. The van der Waals surface area contributed by atoms with Gasteiger partial charge in [0.05, 0.1) is 18.7 Å². The van der Waals surface area contributed by atoms with Gasteiger partial charge in [0.25, 0.3) is 11.7 Å². The second-order valence-electron chi connectivity index (χ2n) is 7.43. The molecule has 29 heavy (non-hydrogen) atoms. The first kappa shape index (κ1) is 20.6. The van der Waals surface area contributed by atoms with E-state index in [2.05, 4.69) is 0 Å². The number of ketones is 1. The van der Waals surface area contributed by atoms with Crippen LogP contribution in [0.4, 0.5) is 0 Å². The van der Waals surface area contributed by atoms with Crippen LogP contribution < -0.4 is 4.74 Å². The Kier molecular flexibility index (Phi) is 6.03. The Balaban J connectivity index is 2.11. The van der Waals surface area contributed by atoms with E-state index in [4.69, 9.17) is 4.74 Å². The maximum Gasteiger partial charge on any atom is 0.295 e. The van der Waals surface area contributed by atoms with Crippen LogP contribution in [0.3, 0.4) is 0 Å². The lowest BCUT2D eigenvalue weighted by molar-refractivity contribution is -0.140. The van der Waals surface area contributed by atoms with Crippen LogP contribution in [0.25, 0.3) is 5.76 Å². The lowest BCUT2D eigenvalue weighted by atomic mass is 9.94. The number of carbonyl (C=O) groups is 2. The Bertz CT molecular complexity index is 930. The van der Waals surface area contributed by atoms with E-state index in [1.54, 1.807) is 36.3 Å². The molecular weight excluding hydrogens is 368 g/mol. The molecule has 1 aliphatic heterocycles. The third-order valence-corrected chi connectivity index (χ3v) is 5.08. The van der Waals surface area contributed by atoms with E-state index in [0.29, 0.717) is 24.4 Å². The zero-order valence-corrected chi connectivity index (χ0v) is 17.2. The summed E-state index contributed by atoms with van der Waals surface area (Å²) in [4.78, 5) is 29.2. The maximum absolute atomic E-state index is 12.9. The molecule has 1 atom stereocenters. The molecule has 0 saturated carbocycles. The van der Waals surface area contributed by atoms with E-state index in [-0.39, 0.29) is 11.3 Å². The van der Waals surface area contributed by atoms with Crippen molar-refractivity contribution in [2.45, 2.75) is 13.0 Å². The summed E-state index contributed by atoms with van der Waals surface area (Å²) in [7, 11) is 5.38. The van der Waals surface area contributed by atoms with E-state index in [1.165, 1.54) is 0 Å². The number of aliphatic hydroxyl groups is 1. The molecule has 1 aliphatic rings. The number of aryl methyl sites for hydroxylation is 1. The number of likely N-dealkylation sites (N-methyl/N-ethyl adjacent to an activating group) is 1. The molecule has 0 spiro atoms. The summed E-state index contributed by atoms with van der Waals surface area (Å²) in [6.45, 7) is 2.97. The number of amides is 1. The first-order valence-corrected chi connectivity index (χ1v) is 9.47. The summed E-state index contributed by atoms with van der Waals surface area (Å²) in [5, 5.41) is 11.0. The largest absolute Gasteiger partial charge is 0.507 e. The summed E-state index contributed by atoms with van der Waals surface area (Å²) in [6.07, 6.45) is 0. The van der Waals surface area contributed by atoms with Crippen molar-refractivity contribution in [3.8, 4) is 5.75 Å². The van der Waals surface area contributed by atoms with Gasteiger partial charge in [-0.15, -0.1) is 0 Å². The van der Waals surface area contributed by atoms with Gasteiger partial charge in [0.1, 0.15) is 11.5 Å². The van der Waals surface area contributed by atoms with Crippen molar-refractivity contribution in [2.24, 2.45) is 0 Å². The lowest BCUT2D eigenvalue weighted by Gasteiger charge is -2.26. The molecule has 6 nitrogen and oxygen atoms in total. The van der Waals surface area contributed by atoms with Crippen LogP contribution in [-0.2, 0) is 9.59 Å². The summed E-state index contributed by atoms with van der Waals surface area (Å²) in [5.74, 6) is -0.790. The molecule has 1 fully saturated rings. The van der Waals surface area contributed by atoms with Gasteiger partial charge in [0, 0.05) is 18.7 Å². The predicted octanol–water partition coefficient (Wildman–Crippen LogP) is 2.99. The van der Waals surface area contributed by atoms with Crippen molar-refractivity contribution in [3.05, 3.63) is 70.8 Å². The predicted molar refractivity (Wildman–Crippen MR) is 112 cm³/mol. The Morgan fingerprint density at radius 2 is 1.69 bits per heavy atom. The summed E-state index contributed by atoms with van der Waals surface area (Å²) < 4.78 is 5.15. The molecule has 0 radical (unpaired) electrons. The van der Waals surface area contributed by atoms with Crippen molar-refractivity contribution in [3.63, 3.8) is 0 Å². The highest BCUT2D eigenvalue weighted by Crippen LogP contribution is 2.39. The van der Waals surface area contributed by atoms with Crippen molar-refractivity contribution >= 4 is 17.4 Å². The van der Waals surface area contributed by atoms with Gasteiger partial charge in [-0.25, -0.2) is 0 Å². The number of Topliss-reactive ketones (excluding diaryl/α,β-unsaturated/α-hetero) is 1. The average molecular weight is 394 g/mol. The van der Waals surface area contributed by atoms with Gasteiger partial charge in [0.2, 0.25) is 0 Å². The minimum atomic E-state index is -0.664. The number of rotatable bonds is 6. The molecule has 1 amide bonds.